The van der Waals surface area contributed by atoms with Crippen LogP contribution in [0.4, 0.5) is 5.69 Å². The summed E-state index contributed by atoms with van der Waals surface area (Å²) in [4.78, 5) is 25.6. The summed E-state index contributed by atoms with van der Waals surface area (Å²) < 4.78 is 11.3. The van der Waals surface area contributed by atoms with Gasteiger partial charge in [0.05, 0.1) is 19.4 Å². The predicted molar refractivity (Wildman–Crippen MR) is 142 cm³/mol. The van der Waals surface area contributed by atoms with E-state index in [1.54, 1.807) is 55.7 Å². The van der Waals surface area contributed by atoms with Crippen LogP contribution in [0.15, 0.2) is 72.8 Å². The van der Waals surface area contributed by atoms with E-state index in [-0.39, 0.29) is 11.7 Å². The number of anilines is 1. The van der Waals surface area contributed by atoms with Gasteiger partial charge in [-0.3, -0.25) is 9.59 Å². The number of rotatable bonds is 12. The van der Waals surface area contributed by atoms with Crippen LogP contribution in [-0.2, 0) is 4.79 Å². The van der Waals surface area contributed by atoms with Gasteiger partial charge in [0.2, 0.25) is 5.91 Å². The number of hydrogen-bond donors (Lipinski definition) is 1. The normalized spacial score (nSPS) is 10.8. The minimum Gasteiger partial charge on any atom is -0.493 e. The van der Waals surface area contributed by atoms with Crippen LogP contribution in [0.5, 0.6) is 11.5 Å². The van der Waals surface area contributed by atoms with Crippen molar-refractivity contribution in [3.8, 4) is 11.5 Å². The molecule has 0 bridgehead atoms. The summed E-state index contributed by atoms with van der Waals surface area (Å²) in [5.74, 6) is 0.694. The molecule has 0 spiro atoms. The molecule has 1 N–H and O–H groups in total. The van der Waals surface area contributed by atoms with Gasteiger partial charge in [0.25, 0.3) is 0 Å². The molecule has 0 aliphatic rings. The van der Waals surface area contributed by atoms with Gasteiger partial charge in [-0.2, -0.15) is 0 Å². The maximum Gasteiger partial charge on any atom is 0.248 e. The third-order valence-corrected chi connectivity index (χ3v) is 5.63. The molecule has 35 heavy (non-hydrogen) atoms. The molecule has 0 aliphatic heterocycles. The van der Waals surface area contributed by atoms with Gasteiger partial charge in [0.15, 0.2) is 17.3 Å². The van der Waals surface area contributed by atoms with Gasteiger partial charge in [-0.05, 0) is 48.4 Å². The molecule has 3 aromatic carbocycles. The zero-order valence-electron chi connectivity index (χ0n) is 20.1. The lowest BCUT2D eigenvalue weighted by molar-refractivity contribution is -0.111. The Morgan fingerprint density at radius 1 is 0.943 bits per heavy atom. The number of ketones is 1. The summed E-state index contributed by atoms with van der Waals surface area (Å²) in [6.07, 6.45) is 7.60. The summed E-state index contributed by atoms with van der Waals surface area (Å²) in [5, 5.41) is 3.20. The second kappa shape index (κ2) is 13.4. The van der Waals surface area contributed by atoms with Crippen molar-refractivity contribution in [2.75, 3.05) is 19.0 Å². The van der Waals surface area contributed by atoms with Crippen LogP contribution in [0, 0.1) is 0 Å². The quantitative estimate of drug-likeness (QED) is 0.165. The highest BCUT2D eigenvalue weighted by Gasteiger charge is 2.15. The molecule has 0 atom stereocenters. The van der Waals surface area contributed by atoms with Gasteiger partial charge >= 0.3 is 0 Å². The smallest absolute Gasteiger partial charge is 0.248 e. The summed E-state index contributed by atoms with van der Waals surface area (Å²) in [6.45, 7) is 2.81. The zero-order chi connectivity index (χ0) is 25.0. The molecule has 0 aromatic heterocycles. The third-order valence-electron chi connectivity index (χ3n) is 5.39. The molecule has 0 saturated carbocycles. The Labute approximate surface area is 211 Å². The summed E-state index contributed by atoms with van der Waals surface area (Å²) >= 11 is 6.12. The SMILES string of the molecule is CCCCCCOc1ccc(/C=C/C(=O)Nc2ccc(Cl)cc2C(=O)c2ccccc2)cc1OC. The highest BCUT2D eigenvalue weighted by atomic mass is 35.5. The lowest BCUT2D eigenvalue weighted by Crippen LogP contribution is -2.12. The van der Waals surface area contributed by atoms with Crippen molar-refractivity contribution in [2.24, 2.45) is 0 Å². The van der Waals surface area contributed by atoms with Gasteiger partial charge in [-0.1, -0.05) is 74.2 Å². The molecule has 3 rings (SSSR count). The Kier molecular flexibility index (Phi) is 9.93. The van der Waals surface area contributed by atoms with Crippen molar-refractivity contribution in [3.05, 3.63) is 94.5 Å². The standard InChI is InChI=1S/C29H30ClNO4/c1-3-4-5-9-18-35-26-16-12-21(19-27(26)34-2)13-17-28(32)31-25-15-14-23(30)20-24(25)29(33)22-10-7-6-8-11-22/h6-8,10-17,19-20H,3-5,9,18H2,1-2H3,(H,31,32)/b17-13+. The van der Waals surface area contributed by atoms with Gasteiger partial charge in [0, 0.05) is 22.2 Å². The second-order valence-electron chi connectivity index (χ2n) is 8.03. The highest BCUT2D eigenvalue weighted by Crippen LogP contribution is 2.29. The van der Waals surface area contributed by atoms with Crippen LogP contribution >= 0.6 is 11.6 Å². The fraction of sp³-hybridized carbons (Fsp3) is 0.241. The van der Waals surface area contributed by atoms with Crippen molar-refractivity contribution in [2.45, 2.75) is 32.6 Å². The third kappa shape index (κ3) is 7.72. The van der Waals surface area contributed by atoms with Crippen molar-refractivity contribution in [1.29, 1.82) is 0 Å². The topological polar surface area (TPSA) is 64.6 Å². The van der Waals surface area contributed by atoms with Crippen LogP contribution in [0.1, 0.15) is 54.1 Å². The number of unbranched alkanes of at least 4 members (excludes halogenated alkanes) is 3. The zero-order valence-corrected chi connectivity index (χ0v) is 20.8. The number of methoxy groups -OCH3 is 1. The molecule has 6 heteroatoms. The number of benzene rings is 3. The molecule has 0 unspecified atom stereocenters. The van der Waals surface area contributed by atoms with E-state index < -0.39 is 0 Å². The summed E-state index contributed by atoms with van der Waals surface area (Å²) in [6, 6.07) is 19.2. The Hall–Kier alpha value is -3.57. The lowest BCUT2D eigenvalue weighted by atomic mass is 10.0. The minimum absolute atomic E-state index is 0.220. The molecule has 1 amide bonds. The van der Waals surface area contributed by atoms with E-state index in [9.17, 15) is 9.59 Å². The lowest BCUT2D eigenvalue weighted by Gasteiger charge is -2.11. The fourth-order valence-corrected chi connectivity index (χ4v) is 3.69. The first-order chi connectivity index (χ1) is 17.0. The van der Waals surface area contributed by atoms with Crippen molar-refractivity contribution >= 4 is 35.1 Å². The summed E-state index contributed by atoms with van der Waals surface area (Å²) in [7, 11) is 1.59. The predicted octanol–water partition coefficient (Wildman–Crippen LogP) is 7.19. The van der Waals surface area contributed by atoms with Gasteiger partial charge in [-0.25, -0.2) is 0 Å². The van der Waals surface area contributed by atoms with E-state index in [0.29, 0.717) is 39.9 Å². The van der Waals surface area contributed by atoms with Crippen LogP contribution in [0.25, 0.3) is 6.08 Å². The first-order valence-corrected chi connectivity index (χ1v) is 12.1. The van der Waals surface area contributed by atoms with Gasteiger partial charge in [0.1, 0.15) is 0 Å². The number of amides is 1. The van der Waals surface area contributed by atoms with Crippen LogP contribution in [0.3, 0.4) is 0 Å². The number of ether oxygens (including phenoxy) is 2. The van der Waals surface area contributed by atoms with E-state index in [2.05, 4.69) is 12.2 Å². The van der Waals surface area contributed by atoms with Gasteiger partial charge in [-0.15, -0.1) is 0 Å². The van der Waals surface area contributed by atoms with Crippen molar-refractivity contribution in [3.63, 3.8) is 0 Å². The average molecular weight is 492 g/mol. The molecule has 0 aliphatic carbocycles. The van der Waals surface area contributed by atoms with Gasteiger partial charge < -0.3 is 14.8 Å². The van der Waals surface area contributed by atoms with Crippen molar-refractivity contribution < 1.29 is 19.1 Å². The first-order valence-electron chi connectivity index (χ1n) is 11.7. The monoisotopic (exact) mass is 491 g/mol. The maximum atomic E-state index is 13.0. The molecule has 0 saturated heterocycles. The number of hydrogen-bond acceptors (Lipinski definition) is 4. The molecule has 5 nitrogen and oxygen atoms in total. The number of carbonyl (C=O) groups is 2. The van der Waals surface area contributed by atoms with E-state index in [1.165, 1.54) is 18.9 Å². The molecule has 0 fully saturated rings. The molecule has 0 heterocycles. The fourth-order valence-electron chi connectivity index (χ4n) is 3.52. The largest absolute Gasteiger partial charge is 0.493 e. The molecule has 3 aromatic rings. The number of nitrogens with one attached hydrogen (secondary N) is 1. The molecular weight excluding hydrogens is 462 g/mol. The summed E-state index contributed by atoms with van der Waals surface area (Å²) in [5.41, 5.74) is 2.02. The van der Waals surface area contributed by atoms with Crippen molar-refractivity contribution in [1.82, 2.24) is 0 Å². The molecule has 0 radical (unpaired) electrons. The Bertz CT molecular complexity index is 1170. The van der Waals surface area contributed by atoms with Crippen LogP contribution in [0.2, 0.25) is 5.02 Å². The van der Waals surface area contributed by atoms with E-state index >= 15 is 0 Å². The second-order valence-corrected chi connectivity index (χ2v) is 8.46. The maximum absolute atomic E-state index is 13.0. The van der Waals surface area contributed by atoms with Crippen LogP contribution < -0.4 is 14.8 Å². The Morgan fingerprint density at radius 3 is 2.49 bits per heavy atom. The Balaban J connectivity index is 1.68. The average Bonchev–Trinajstić information content (AvgIpc) is 2.88. The van der Waals surface area contributed by atoms with E-state index in [4.69, 9.17) is 21.1 Å². The van der Waals surface area contributed by atoms with E-state index in [0.717, 1.165) is 18.4 Å². The number of halogens is 1. The minimum atomic E-state index is -0.371. The first kappa shape index (κ1) is 26.0. The molecule has 182 valence electrons. The molecular formula is C29H30ClNO4. The number of carbonyl (C=O) groups excluding carboxylic acids is 2. The highest BCUT2D eigenvalue weighted by molar-refractivity contribution is 6.31. The van der Waals surface area contributed by atoms with Crippen LogP contribution in [-0.4, -0.2) is 25.4 Å². The van der Waals surface area contributed by atoms with E-state index in [1.807, 2.05) is 24.3 Å². The Morgan fingerprint density at radius 2 is 1.74 bits per heavy atom.